The summed E-state index contributed by atoms with van der Waals surface area (Å²) in [4.78, 5) is 0. The van der Waals surface area contributed by atoms with Crippen molar-refractivity contribution in [1.29, 1.82) is 0 Å². The number of hydrogen-bond donors (Lipinski definition) is 3. The van der Waals surface area contributed by atoms with E-state index in [0.717, 1.165) is 17.4 Å². The third-order valence-corrected chi connectivity index (χ3v) is 4.54. The van der Waals surface area contributed by atoms with Gasteiger partial charge in [-0.3, -0.25) is 5.43 Å². The van der Waals surface area contributed by atoms with Gasteiger partial charge in [0.15, 0.2) is 5.11 Å². The number of aromatic hydroxyl groups is 1. The first-order chi connectivity index (χ1) is 9.70. The topological polar surface area (TPSA) is 56.7 Å². The van der Waals surface area contributed by atoms with Crippen LogP contribution in [0.15, 0.2) is 29.4 Å². The highest BCUT2D eigenvalue weighted by Crippen LogP contribution is 2.44. The standard InChI is InChI=1S/C15H19N3OS/c19-13-5-2-10(3-6-13)9-16-18-15(20)17-14-8-11-1-4-12(14)7-11/h2-3,5-6,9,11-12,14,19H,1,4,7-8H2,(H2,17,18,20)/b16-9+/t11-,12+,14-/m1/s1. The Morgan fingerprint density at radius 1 is 1.25 bits per heavy atom. The smallest absolute Gasteiger partial charge is 0.187 e. The van der Waals surface area contributed by atoms with Crippen LogP contribution in [0, 0.1) is 11.8 Å². The van der Waals surface area contributed by atoms with E-state index in [1.54, 1.807) is 30.5 Å². The van der Waals surface area contributed by atoms with E-state index in [2.05, 4.69) is 15.8 Å². The minimum Gasteiger partial charge on any atom is -0.508 e. The van der Waals surface area contributed by atoms with Gasteiger partial charge < -0.3 is 10.4 Å². The molecule has 4 nitrogen and oxygen atoms in total. The van der Waals surface area contributed by atoms with Crippen LogP contribution in [-0.2, 0) is 0 Å². The van der Waals surface area contributed by atoms with Crippen molar-refractivity contribution in [3.05, 3.63) is 29.8 Å². The highest BCUT2D eigenvalue weighted by molar-refractivity contribution is 7.80. The van der Waals surface area contributed by atoms with Crippen LogP contribution in [0.3, 0.4) is 0 Å². The van der Waals surface area contributed by atoms with Gasteiger partial charge in [0, 0.05) is 6.04 Å². The number of hydrazone groups is 1. The first-order valence-electron chi connectivity index (χ1n) is 7.09. The average Bonchev–Trinajstić information content (AvgIpc) is 3.03. The average molecular weight is 289 g/mol. The maximum atomic E-state index is 9.19. The van der Waals surface area contributed by atoms with Crippen molar-refractivity contribution in [3.8, 4) is 5.75 Å². The number of fused-ring (bicyclic) bond motifs is 2. The summed E-state index contributed by atoms with van der Waals surface area (Å²) in [6.07, 6.45) is 7.02. The summed E-state index contributed by atoms with van der Waals surface area (Å²) >= 11 is 5.27. The van der Waals surface area contributed by atoms with Crippen LogP contribution in [-0.4, -0.2) is 22.5 Å². The van der Waals surface area contributed by atoms with Gasteiger partial charge in [-0.25, -0.2) is 0 Å². The minimum absolute atomic E-state index is 0.253. The lowest BCUT2D eigenvalue weighted by Gasteiger charge is -2.23. The molecule has 0 spiro atoms. The number of nitrogens with zero attached hydrogens (tertiary/aromatic N) is 1. The Balaban J connectivity index is 1.46. The van der Waals surface area contributed by atoms with E-state index in [-0.39, 0.29) is 5.75 Å². The number of benzene rings is 1. The van der Waals surface area contributed by atoms with E-state index in [4.69, 9.17) is 12.2 Å². The second kappa shape index (κ2) is 5.79. The number of hydrogen-bond acceptors (Lipinski definition) is 3. The van der Waals surface area contributed by atoms with Crippen LogP contribution in [0.1, 0.15) is 31.2 Å². The third kappa shape index (κ3) is 3.10. The van der Waals surface area contributed by atoms with Crippen molar-refractivity contribution >= 4 is 23.5 Å². The monoisotopic (exact) mass is 289 g/mol. The van der Waals surface area contributed by atoms with E-state index < -0.39 is 0 Å². The molecule has 2 aliphatic carbocycles. The molecule has 5 heteroatoms. The van der Waals surface area contributed by atoms with Gasteiger partial charge in [0.2, 0.25) is 0 Å². The van der Waals surface area contributed by atoms with Gasteiger partial charge in [-0.1, -0.05) is 6.42 Å². The van der Waals surface area contributed by atoms with E-state index in [0.29, 0.717) is 11.2 Å². The fraction of sp³-hybridized carbons (Fsp3) is 0.467. The van der Waals surface area contributed by atoms with Crippen molar-refractivity contribution in [2.75, 3.05) is 0 Å². The summed E-state index contributed by atoms with van der Waals surface area (Å²) in [5.41, 5.74) is 3.77. The van der Waals surface area contributed by atoms with Gasteiger partial charge in [0.25, 0.3) is 0 Å². The zero-order valence-corrected chi connectivity index (χ0v) is 12.1. The van der Waals surface area contributed by atoms with Gasteiger partial charge in [0.1, 0.15) is 5.75 Å². The van der Waals surface area contributed by atoms with Gasteiger partial charge in [0.05, 0.1) is 6.21 Å². The molecule has 106 valence electrons. The summed E-state index contributed by atoms with van der Waals surface area (Å²) < 4.78 is 0. The van der Waals surface area contributed by atoms with Crippen LogP contribution in [0.25, 0.3) is 0 Å². The molecular formula is C15H19N3OS. The van der Waals surface area contributed by atoms with Crippen molar-refractivity contribution in [3.63, 3.8) is 0 Å². The number of thiocarbonyl (C=S) groups is 1. The second-order valence-corrected chi connectivity index (χ2v) is 6.12. The molecule has 0 radical (unpaired) electrons. The summed E-state index contributed by atoms with van der Waals surface area (Å²) in [7, 11) is 0. The highest BCUT2D eigenvalue weighted by atomic mass is 32.1. The molecule has 20 heavy (non-hydrogen) atoms. The molecule has 2 bridgehead atoms. The highest BCUT2D eigenvalue weighted by Gasteiger charge is 2.39. The molecule has 0 aromatic heterocycles. The first kappa shape index (κ1) is 13.4. The minimum atomic E-state index is 0.253. The largest absolute Gasteiger partial charge is 0.508 e. The molecule has 0 saturated heterocycles. The zero-order chi connectivity index (χ0) is 13.9. The normalized spacial score (nSPS) is 27.9. The molecule has 2 aliphatic rings. The van der Waals surface area contributed by atoms with E-state index in [9.17, 15) is 5.11 Å². The second-order valence-electron chi connectivity index (χ2n) is 5.72. The molecule has 3 rings (SSSR count). The van der Waals surface area contributed by atoms with Gasteiger partial charge in [-0.15, -0.1) is 0 Å². The first-order valence-corrected chi connectivity index (χ1v) is 7.50. The van der Waals surface area contributed by atoms with Gasteiger partial charge >= 0.3 is 0 Å². The maximum Gasteiger partial charge on any atom is 0.187 e. The Hall–Kier alpha value is -1.62. The van der Waals surface area contributed by atoms with E-state index >= 15 is 0 Å². The molecule has 1 aromatic carbocycles. The van der Waals surface area contributed by atoms with Crippen molar-refractivity contribution < 1.29 is 5.11 Å². The number of nitrogens with one attached hydrogen (secondary N) is 2. The summed E-state index contributed by atoms with van der Waals surface area (Å²) in [6.45, 7) is 0. The predicted molar refractivity (Wildman–Crippen MR) is 83.8 cm³/mol. The fourth-order valence-corrected chi connectivity index (χ4v) is 3.55. The molecule has 0 aliphatic heterocycles. The summed E-state index contributed by atoms with van der Waals surface area (Å²) in [5.74, 6) is 1.95. The van der Waals surface area contributed by atoms with Crippen LogP contribution in [0.4, 0.5) is 0 Å². The van der Waals surface area contributed by atoms with Crippen LogP contribution >= 0.6 is 12.2 Å². The molecule has 0 heterocycles. The molecule has 1 aromatic rings. The number of rotatable bonds is 3. The molecule has 0 unspecified atom stereocenters. The Morgan fingerprint density at radius 3 is 2.70 bits per heavy atom. The molecular weight excluding hydrogens is 270 g/mol. The van der Waals surface area contributed by atoms with Crippen LogP contribution in [0.2, 0.25) is 0 Å². The molecule has 2 fully saturated rings. The van der Waals surface area contributed by atoms with Gasteiger partial charge in [-0.05, 0) is 73.1 Å². The quantitative estimate of drug-likeness (QED) is 0.454. The van der Waals surface area contributed by atoms with Crippen LogP contribution in [0.5, 0.6) is 5.75 Å². The Morgan fingerprint density at radius 2 is 2.05 bits per heavy atom. The van der Waals surface area contributed by atoms with Crippen LogP contribution < -0.4 is 10.7 Å². The lowest BCUT2D eigenvalue weighted by molar-refractivity contribution is 0.389. The zero-order valence-electron chi connectivity index (χ0n) is 11.2. The Bertz CT molecular complexity index is 514. The Labute approximate surface area is 124 Å². The molecule has 2 saturated carbocycles. The summed E-state index contributed by atoms with van der Waals surface area (Å²) in [5, 5.41) is 17.3. The van der Waals surface area contributed by atoms with Crippen molar-refractivity contribution in [2.45, 2.75) is 31.7 Å². The van der Waals surface area contributed by atoms with E-state index in [1.165, 1.54) is 25.7 Å². The third-order valence-electron chi connectivity index (χ3n) is 4.33. The SMILES string of the molecule is Oc1ccc(/C=N/NC(=S)N[C@@H]2C[C@@H]3CC[C@H]2C3)cc1. The summed E-state index contributed by atoms with van der Waals surface area (Å²) in [6, 6.07) is 7.39. The molecule has 3 atom stereocenters. The van der Waals surface area contributed by atoms with Gasteiger partial charge in [-0.2, -0.15) is 5.10 Å². The fourth-order valence-electron chi connectivity index (χ4n) is 3.35. The lowest BCUT2D eigenvalue weighted by atomic mass is 9.96. The molecule has 0 amide bonds. The number of phenolic OH excluding ortho intramolecular Hbond substituents is 1. The Kier molecular flexibility index (Phi) is 3.87. The molecule has 3 N–H and O–H groups in total. The van der Waals surface area contributed by atoms with E-state index in [1.807, 2.05) is 0 Å². The van der Waals surface area contributed by atoms with Crippen molar-refractivity contribution in [1.82, 2.24) is 10.7 Å². The predicted octanol–water partition coefficient (Wildman–Crippen LogP) is 2.38. The van der Waals surface area contributed by atoms with Crippen molar-refractivity contribution in [2.24, 2.45) is 16.9 Å². The maximum absolute atomic E-state index is 9.19. The number of phenols is 1. The lowest BCUT2D eigenvalue weighted by Crippen LogP contribution is -2.42.